The van der Waals surface area contributed by atoms with Crippen LogP contribution in [-0.2, 0) is 19.1 Å². The number of nitrogens with one attached hydrogen (secondary N) is 2. The summed E-state index contributed by atoms with van der Waals surface area (Å²) in [5, 5.41) is 14.5. The van der Waals surface area contributed by atoms with Gasteiger partial charge in [-0.15, -0.1) is 0 Å². The number of aliphatic carboxylic acids is 1. The normalized spacial score (nSPS) is 20.3. The Morgan fingerprint density at radius 3 is 2.36 bits per heavy atom. The maximum Gasteiger partial charge on any atom is 0.407 e. The van der Waals surface area contributed by atoms with Gasteiger partial charge in [0.05, 0.1) is 13.0 Å². The van der Waals surface area contributed by atoms with Gasteiger partial charge >= 0.3 is 12.1 Å². The van der Waals surface area contributed by atoms with Gasteiger partial charge in [-0.2, -0.15) is 0 Å². The number of alkyl carbamates (subject to hydrolysis) is 1. The van der Waals surface area contributed by atoms with Crippen molar-refractivity contribution in [1.82, 2.24) is 10.6 Å². The molecule has 0 radical (unpaired) electrons. The zero-order valence-electron chi connectivity index (χ0n) is 18.5. The maximum absolute atomic E-state index is 12.6. The Hall–Kier alpha value is -3.39. The van der Waals surface area contributed by atoms with E-state index in [1.807, 2.05) is 36.4 Å². The van der Waals surface area contributed by atoms with Crippen molar-refractivity contribution in [3.05, 3.63) is 59.7 Å². The predicted octanol–water partition coefficient (Wildman–Crippen LogP) is 2.91. The van der Waals surface area contributed by atoms with Crippen LogP contribution in [0.15, 0.2) is 48.5 Å². The van der Waals surface area contributed by atoms with Crippen LogP contribution < -0.4 is 10.6 Å². The molecule has 3 N–H and O–H groups in total. The molecule has 1 saturated heterocycles. The van der Waals surface area contributed by atoms with E-state index in [-0.39, 0.29) is 43.4 Å². The van der Waals surface area contributed by atoms with E-state index in [1.165, 1.54) is 0 Å². The van der Waals surface area contributed by atoms with Crippen molar-refractivity contribution < 1.29 is 29.0 Å². The summed E-state index contributed by atoms with van der Waals surface area (Å²) >= 11 is 0. The summed E-state index contributed by atoms with van der Waals surface area (Å²) in [5.41, 5.74) is 4.51. The Labute approximate surface area is 192 Å². The lowest BCUT2D eigenvalue weighted by molar-refractivity contribution is -0.140. The van der Waals surface area contributed by atoms with Gasteiger partial charge in [0.1, 0.15) is 12.6 Å². The van der Waals surface area contributed by atoms with Crippen LogP contribution in [0.4, 0.5) is 4.79 Å². The highest BCUT2D eigenvalue weighted by Gasteiger charge is 2.31. The number of carbonyl (C=O) groups is 3. The lowest BCUT2D eigenvalue weighted by Crippen LogP contribution is -2.52. The molecule has 2 aromatic rings. The van der Waals surface area contributed by atoms with Crippen LogP contribution in [0.1, 0.15) is 36.8 Å². The highest BCUT2D eigenvalue weighted by atomic mass is 16.5. The Kier molecular flexibility index (Phi) is 6.93. The Morgan fingerprint density at radius 1 is 1.09 bits per heavy atom. The van der Waals surface area contributed by atoms with Gasteiger partial charge in [0, 0.05) is 24.5 Å². The van der Waals surface area contributed by atoms with E-state index in [1.54, 1.807) is 6.92 Å². The molecule has 3 atom stereocenters. The van der Waals surface area contributed by atoms with E-state index >= 15 is 0 Å². The molecule has 0 bridgehead atoms. The SMILES string of the molecule is CC(NC(=O)OCC1c2ccccc2-c2ccccc21)C(=O)NC1CCOCC1CC(=O)O. The fourth-order valence-electron chi connectivity index (χ4n) is 4.60. The number of rotatable bonds is 7. The average Bonchev–Trinajstić information content (AvgIpc) is 3.12. The van der Waals surface area contributed by atoms with Crippen LogP contribution in [0.2, 0.25) is 0 Å². The minimum atomic E-state index is -0.936. The first-order valence-corrected chi connectivity index (χ1v) is 11.2. The molecule has 33 heavy (non-hydrogen) atoms. The summed E-state index contributed by atoms with van der Waals surface area (Å²) in [5.74, 6) is -1.69. The zero-order chi connectivity index (χ0) is 23.4. The molecule has 174 valence electrons. The smallest absolute Gasteiger partial charge is 0.407 e. The Bertz CT molecular complexity index is 994. The van der Waals surface area contributed by atoms with Gasteiger partial charge in [-0.1, -0.05) is 48.5 Å². The van der Waals surface area contributed by atoms with E-state index < -0.39 is 18.1 Å². The van der Waals surface area contributed by atoms with Gasteiger partial charge in [0.15, 0.2) is 0 Å². The van der Waals surface area contributed by atoms with Crippen LogP contribution in [0, 0.1) is 5.92 Å². The number of hydrogen-bond donors (Lipinski definition) is 3. The maximum atomic E-state index is 12.6. The summed E-state index contributed by atoms with van der Waals surface area (Å²) in [6.07, 6.45) is -0.228. The van der Waals surface area contributed by atoms with Crippen molar-refractivity contribution in [2.75, 3.05) is 19.8 Å². The van der Waals surface area contributed by atoms with Crippen molar-refractivity contribution in [3.8, 4) is 11.1 Å². The Balaban J connectivity index is 1.32. The lowest BCUT2D eigenvalue weighted by atomic mass is 9.92. The van der Waals surface area contributed by atoms with Gasteiger partial charge in [0.2, 0.25) is 5.91 Å². The first kappa shape index (κ1) is 22.8. The van der Waals surface area contributed by atoms with Gasteiger partial charge in [-0.25, -0.2) is 4.79 Å². The van der Waals surface area contributed by atoms with Gasteiger partial charge in [0.25, 0.3) is 0 Å². The van der Waals surface area contributed by atoms with Crippen molar-refractivity contribution in [2.45, 2.75) is 37.8 Å². The van der Waals surface area contributed by atoms with Crippen molar-refractivity contribution in [1.29, 1.82) is 0 Å². The Morgan fingerprint density at radius 2 is 1.73 bits per heavy atom. The molecule has 0 saturated carbocycles. The summed E-state index contributed by atoms with van der Waals surface area (Å²) in [7, 11) is 0. The van der Waals surface area contributed by atoms with Gasteiger partial charge < -0.3 is 25.2 Å². The van der Waals surface area contributed by atoms with Crippen LogP contribution in [0.3, 0.4) is 0 Å². The molecule has 3 unspecified atom stereocenters. The van der Waals surface area contributed by atoms with Crippen LogP contribution >= 0.6 is 0 Å². The molecular formula is C25H28N2O6. The summed E-state index contributed by atoms with van der Waals surface area (Å²) in [4.78, 5) is 36.1. The quantitative estimate of drug-likeness (QED) is 0.595. The number of ether oxygens (including phenoxy) is 2. The van der Waals surface area contributed by atoms with E-state index in [4.69, 9.17) is 14.6 Å². The predicted molar refractivity (Wildman–Crippen MR) is 121 cm³/mol. The average molecular weight is 453 g/mol. The topological polar surface area (TPSA) is 114 Å². The zero-order valence-corrected chi connectivity index (χ0v) is 18.5. The first-order chi connectivity index (χ1) is 15.9. The second-order valence-corrected chi connectivity index (χ2v) is 8.53. The first-order valence-electron chi connectivity index (χ1n) is 11.2. The summed E-state index contributed by atoms with van der Waals surface area (Å²) in [6.45, 7) is 2.47. The van der Waals surface area contributed by atoms with Crippen LogP contribution in [-0.4, -0.2) is 55.0 Å². The molecule has 0 spiro atoms. The molecule has 8 heteroatoms. The number of hydrogen-bond acceptors (Lipinski definition) is 5. The molecule has 1 fully saturated rings. The van der Waals surface area contributed by atoms with E-state index in [9.17, 15) is 14.4 Å². The van der Waals surface area contributed by atoms with Crippen LogP contribution in [0.25, 0.3) is 11.1 Å². The minimum absolute atomic E-state index is 0.0636. The highest BCUT2D eigenvalue weighted by molar-refractivity contribution is 5.85. The lowest BCUT2D eigenvalue weighted by Gasteiger charge is -2.32. The van der Waals surface area contributed by atoms with E-state index in [0.29, 0.717) is 13.0 Å². The molecule has 1 aliphatic heterocycles. The summed E-state index contributed by atoms with van der Waals surface area (Å²) < 4.78 is 10.8. The van der Waals surface area contributed by atoms with E-state index in [0.717, 1.165) is 22.3 Å². The number of carboxylic acid groups (broad SMARTS) is 1. The second kappa shape index (κ2) is 10.0. The molecular weight excluding hydrogens is 424 g/mol. The summed E-state index contributed by atoms with van der Waals surface area (Å²) in [6, 6.07) is 15.0. The number of carbonyl (C=O) groups excluding carboxylic acids is 2. The monoisotopic (exact) mass is 452 g/mol. The van der Waals surface area contributed by atoms with Gasteiger partial charge in [-0.3, -0.25) is 9.59 Å². The number of amides is 2. The van der Waals surface area contributed by atoms with Gasteiger partial charge in [-0.05, 0) is 35.6 Å². The standard InChI is InChI=1S/C25H28N2O6/c1-15(24(30)27-22-10-11-32-13-16(22)12-23(28)29)26-25(31)33-14-21-19-8-4-2-6-17(19)18-7-3-5-9-20(18)21/h2-9,15-16,21-22H,10-14H2,1H3,(H,26,31)(H,27,30)(H,28,29). The number of benzene rings is 2. The van der Waals surface area contributed by atoms with Crippen molar-refractivity contribution >= 4 is 18.0 Å². The number of fused-ring (bicyclic) bond motifs is 3. The third-order valence-corrected chi connectivity index (χ3v) is 6.31. The molecule has 1 aliphatic carbocycles. The fraction of sp³-hybridized carbons (Fsp3) is 0.400. The van der Waals surface area contributed by atoms with Crippen molar-refractivity contribution in [3.63, 3.8) is 0 Å². The molecule has 4 rings (SSSR count). The largest absolute Gasteiger partial charge is 0.481 e. The molecule has 2 amide bonds. The number of carboxylic acids is 1. The highest BCUT2D eigenvalue weighted by Crippen LogP contribution is 2.44. The molecule has 2 aliphatic rings. The second-order valence-electron chi connectivity index (χ2n) is 8.53. The fourth-order valence-corrected chi connectivity index (χ4v) is 4.60. The third-order valence-electron chi connectivity index (χ3n) is 6.31. The molecule has 2 aromatic carbocycles. The third kappa shape index (κ3) is 5.17. The molecule has 8 nitrogen and oxygen atoms in total. The molecule has 1 heterocycles. The van der Waals surface area contributed by atoms with Crippen molar-refractivity contribution in [2.24, 2.45) is 5.92 Å². The van der Waals surface area contributed by atoms with E-state index in [2.05, 4.69) is 22.8 Å². The molecule has 0 aromatic heterocycles. The van der Waals surface area contributed by atoms with Crippen LogP contribution in [0.5, 0.6) is 0 Å². The minimum Gasteiger partial charge on any atom is -0.481 e.